The van der Waals surface area contributed by atoms with Crippen LogP contribution >= 0.6 is 25.3 Å². The van der Waals surface area contributed by atoms with E-state index in [0.29, 0.717) is 23.9 Å². The highest BCUT2D eigenvalue weighted by Crippen LogP contribution is 2.12. The third-order valence-electron chi connectivity index (χ3n) is 2.04. The Morgan fingerprint density at radius 3 is 2.40 bits per heavy atom. The second-order valence-electron chi connectivity index (χ2n) is 3.07. The van der Waals surface area contributed by atoms with Crippen molar-refractivity contribution in [3.63, 3.8) is 0 Å². The van der Waals surface area contributed by atoms with Crippen molar-refractivity contribution in [2.45, 2.75) is 6.54 Å². The van der Waals surface area contributed by atoms with E-state index in [9.17, 15) is 4.79 Å². The van der Waals surface area contributed by atoms with E-state index in [-0.39, 0.29) is 0 Å². The minimum atomic E-state index is -0.899. The quantitative estimate of drug-likeness (QED) is 0.547. The molecule has 0 aliphatic heterocycles. The SMILES string of the molecule is O=C(O)c1ccccc1CN(CS)CS. The summed E-state index contributed by atoms with van der Waals surface area (Å²) in [6, 6.07) is 6.96. The van der Waals surface area contributed by atoms with Gasteiger partial charge < -0.3 is 5.11 Å². The number of carboxylic acids is 1. The van der Waals surface area contributed by atoms with Crippen LogP contribution in [0, 0.1) is 0 Å². The molecule has 1 aromatic carbocycles. The molecule has 0 aromatic heterocycles. The summed E-state index contributed by atoms with van der Waals surface area (Å²) in [6.45, 7) is 0.551. The molecule has 1 rings (SSSR count). The second-order valence-corrected chi connectivity index (χ2v) is 3.64. The zero-order valence-electron chi connectivity index (χ0n) is 8.13. The summed E-state index contributed by atoms with van der Waals surface area (Å²) in [5.41, 5.74) is 1.12. The molecule has 0 bridgehead atoms. The number of nitrogens with zero attached hydrogens (tertiary/aromatic N) is 1. The van der Waals surface area contributed by atoms with Crippen molar-refractivity contribution in [3.05, 3.63) is 35.4 Å². The molecule has 5 heteroatoms. The molecular formula is C10H13NO2S2. The van der Waals surface area contributed by atoms with Crippen LogP contribution in [0.5, 0.6) is 0 Å². The predicted molar refractivity (Wildman–Crippen MR) is 66.7 cm³/mol. The van der Waals surface area contributed by atoms with Crippen LogP contribution in [0.2, 0.25) is 0 Å². The zero-order valence-corrected chi connectivity index (χ0v) is 9.92. The van der Waals surface area contributed by atoms with Crippen LogP contribution in [0.3, 0.4) is 0 Å². The summed E-state index contributed by atoms with van der Waals surface area (Å²) in [4.78, 5) is 12.8. The van der Waals surface area contributed by atoms with E-state index in [1.807, 2.05) is 17.0 Å². The number of benzene rings is 1. The number of aromatic carboxylic acids is 1. The third kappa shape index (κ3) is 3.44. The Morgan fingerprint density at radius 1 is 1.27 bits per heavy atom. The van der Waals surface area contributed by atoms with Crippen molar-refractivity contribution in [2.75, 3.05) is 11.8 Å². The van der Waals surface area contributed by atoms with Gasteiger partial charge in [-0.1, -0.05) is 18.2 Å². The van der Waals surface area contributed by atoms with Crippen LogP contribution in [0.1, 0.15) is 15.9 Å². The van der Waals surface area contributed by atoms with Crippen molar-refractivity contribution >= 4 is 31.2 Å². The maximum atomic E-state index is 10.9. The summed E-state index contributed by atoms with van der Waals surface area (Å²) >= 11 is 8.28. The number of hydrogen-bond donors (Lipinski definition) is 3. The van der Waals surface area contributed by atoms with Gasteiger partial charge in [-0.2, -0.15) is 25.3 Å². The number of thiol groups is 2. The molecule has 82 valence electrons. The van der Waals surface area contributed by atoms with Crippen LogP contribution in [0.25, 0.3) is 0 Å². The van der Waals surface area contributed by atoms with E-state index in [0.717, 1.165) is 5.56 Å². The van der Waals surface area contributed by atoms with Gasteiger partial charge in [0.25, 0.3) is 0 Å². The predicted octanol–water partition coefficient (Wildman–Crippen LogP) is 1.96. The van der Waals surface area contributed by atoms with E-state index in [1.54, 1.807) is 12.1 Å². The Kier molecular flexibility index (Phi) is 5.01. The molecule has 0 radical (unpaired) electrons. The fraction of sp³-hybridized carbons (Fsp3) is 0.300. The Morgan fingerprint density at radius 2 is 1.87 bits per heavy atom. The lowest BCUT2D eigenvalue weighted by atomic mass is 10.1. The van der Waals surface area contributed by atoms with Gasteiger partial charge >= 0.3 is 5.97 Å². The van der Waals surface area contributed by atoms with Crippen LogP contribution in [0.4, 0.5) is 0 Å². The van der Waals surface area contributed by atoms with E-state index < -0.39 is 5.97 Å². The average molecular weight is 243 g/mol. The zero-order chi connectivity index (χ0) is 11.3. The Hall–Kier alpha value is -0.650. The highest BCUT2D eigenvalue weighted by atomic mass is 32.1. The first-order valence-electron chi connectivity index (χ1n) is 4.44. The number of carboxylic acid groups (broad SMARTS) is 1. The van der Waals surface area contributed by atoms with Gasteiger partial charge in [0.2, 0.25) is 0 Å². The molecule has 0 unspecified atom stereocenters. The molecule has 0 aliphatic carbocycles. The van der Waals surface area contributed by atoms with Crippen molar-refractivity contribution in [3.8, 4) is 0 Å². The Labute approximate surface area is 99.9 Å². The van der Waals surface area contributed by atoms with Gasteiger partial charge in [-0.15, -0.1) is 0 Å². The molecule has 0 atom stereocenters. The van der Waals surface area contributed by atoms with Gasteiger partial charge in [0.05, 0.1) is 5.56 Å². The normalized spacial score (nSPS) is 10.6. The Bertz CT molecular complexity index is 340. The third-order valence-corrected chi connectivity index (χ3v) is 2.84. The van der Waals surface area contributed by atoms with Gasteiger partial charge in [0.1, 0.15) is 0 Å². The lowest BCUT2D eigenvalue weighted by molar-refractivity contribution is 0.0695. The van der Waals surface area contributed by atoms with Crippen LogP contribution in [-0.4, -0.2) is 27.7 Å². The smallest absolute Gasteiger partial charge is 0.336 e. The second kappa shape index (κ2) is 6.05. The molecule has 0 saturated heterocycles. The topological polar surface area (TPSA) is 40.5 Å². The maximum absolute atomic E-state index is 10.9. The van der Waals surface area contributed by atoms with Crippen molar-refractivity contribution in [1.29, 1.82) is 0 Å². The first-order valence-corrected chi connectivity index (χ1v) is 5.70. The first-order chi connectivity index (χ1) is 7.19. The fourth-order valence-electron chi connectivity index (χ4n) is 1.25. The van der Waals surface area contributed by atoms with E-state index in [2.05, 4.69) is 25.3 Å². The largest absolute Gasteiger partial charge is 0.478 e. The molecule has 0 saturated carbocycles. The summed E-state index contributed by atoms with van der Waals surface area (Å²) in [5, 5.41) is 8.97. The summed E-state index contributed by atoms with van der Waals surface area (Å²) in [6.07, 6.45) is 0. The van der Waals surface area contributed by atoms with E-state index in [1.165, 1.54) is 0 Å². The highest BCUT2D eigenvalue weighted by Gasteiger charge is 2.10. The fourth-order valence-corrected chi connectivity index (χ4v) is 1.81. The minimum absolute atomic E-state index is 0.339. The van der Waals surface area contributed by atoms with Crippen molar-refractivity contribution in [1.82, 2.24) is 4.90 Å². The highest BCUT2D eigenvalue weighted by molar-refractivity contribution is 7.81. The molecule has 3 nitrogen and oxygen atoms in total. The first kappa shape index (κ1) is 12.4. The Balaban J connectivity index is 2.88. The molecule has 0 amide bonds. The van der Waals surface area contributed by atoms with Gasteiger partial charge in [-0.25, -0.2) is 4.79 Å². The summed E-state index contributed by atoms with van der Waals surface area (Å²) < 4.78 is 0. The molecular weight excluding hydrogens is 230 g/mol. The molecule has 0 aliphatic rings. The molecule has 1 aromatic rings. The standard InChI is InChI=1S/C10H13NO2S2/c12-10(13)9-4-2-1-3-8(9)5-11(6-14)7-15/h1-4,14-15H,5-7H2,(H,12,13). The monoisotopic (exact) mass is 243 g/mol. The van der Waals surface area contributed by atoms with Gasteiger partial charge in [-0.3, -0.25) is 4.90 Å². The van der Waals surface area contributed by atoms with Crippen molar-refractivity contribution in [2.24, 2.45) is 0 Å². The van der Waals surface area contributed by atoms with Crippen LogP contribution in [-0.2, 0) is 6.54 Å². The van der Waals surface area contributed by atoms with E-state index in [4.69, 9.17) is 5.11 Å². The molecule has 15 heavy (non-hydrogen) atoms. The summed E-state index contributed by atoms with van der Waals surface area (Å²) in [5.74, 6) is 0.207. The van der Waals surface area contributed by atoms with Crippen molar-refractivity contribution < 1.29 is 9.90 Å². The van der Waals surface area contributed by atoms with Crippen LogP contribution < -0.4 is 0 Å². The number of carbonyl (C=O) groups is 1. The number of hydrogen-bond acceptors (Lipinski definition) is 4. The molecule has 1 N–H and O–H groups in total. The van der Waals surface area contributed by atoms with Gasteiger partial charge in [0, 0.05) is 18.3 Å². The molecule has 0 heterocycles. The maximum Gasteiger partial charge on any atom is 0.336 e. The van der Waals surface area contributed by atoms with Gasteiger partial charge in [-0.05, 0) is 11.6 Å². The minimum Gasteiger partial charge on any atom is -0.478 e. The lowest BCUT2D eigenvalue weighted by Crippen LogP contribution is -2.21. The molecule has 0 fully saturated rings. The lowest BCUT2D eigenvalue weighted by Gasteiger charge is -2.17. The van der Waals surface area contributed by atoms with Gasteiger partial charge in [0.15, 0.2) is 0 Å². The van der Waals surface area contributed by atoms with Crippen LogP contribution in [0.15, 0.2) is 24.3 Å². The average Bonchev–Trinajstić information content (AvgIpc) is 2.26. The summed E-state index contributed by atoms with van der Waals surface area (Å²) in [7, 11) is 0. The number of rotatable bonds is 5. The van der Waals surface area contributed by atoms with E-state index >= 15 is 0 Å². The molecule has 0 spiro atoms.